The van der Waals surface area contributed by atoms with Crippen molar-refractivity contribution in [3.8, 4) is 0 Å². The van der Waals surface area contributed by atoms with Crippen molar-refractivity contribution in [3.63, 3.8) is 0 Å². The number of halogens is 1. The maximum absolute atomic E-state index is 13.2. The third kappa shape index (κ3) is 7.72. The second-order valence-corrected chi connectivity index (χ2v) is 8.79. The van der Waals surface area contributed by atoms with Crippen molar-refractivity contribution in [1.29, 1.82) is 0 Å². The monoisotopic (exact) mass is 407 g/mol. The number of hydrogen-bond acceptors (Lipinski definition) is 5. The van der Waals surface area contributed by atoms with Crippen LogP contribution < -0.4 is 10.6 Å². The van der Waals surface area contributed by atoms with Gasteiger partial charge in [0.1, 0.15) is 11.6 Å². The van der Waals surface area contributed by atoms with E-state index >= 15 is 0 Å². The van der Waals surface area contributed by atoms with E-state index in [0.717, 1.165) is 5.56 Å². The number of aryl methyl sites for hydroxylation is 1. The number of aromatic nitrogens is 1. The van der Waals surface area contributed by atoms with Crippen LogP contribution in [-0.4, -0.2) is 28.5 Å². The van der Waals surface area contributed by atoms with Crippen LogP contribution in [0.4, 0.5) is 10.2 Å². The third-order valence-electron chi connectivity index (χ3n) is 3.79. The lowest BCUT2D eigenvalue weighted by Crippen LogP contribution is -2.32. The van der Waals surface area contributed by atoms with Gasteiger partial charge in [-0.3, -0.25) is 9.59 Å². The van der Waals surface area contributed by atoms with Gasteiger partial charge in [-0.15, -0.1) is 11.8 Å². The lowest BCUT2D eigenvalue weighted by atomic mass is 9.85. The molecule has 2 aromatic rings. The number of carbonyl (C=O) groups excluding carboxylic acids is 2. The first-order valence-corrected chi connectivity index (χ1v) is 10.1. The lowest BCUT2D eigenvalue weighted by molar-refractivity contribution is -0.119. The topological polar surface area (TPSA) is 84.2 Å². The van der Waals surface area contributed by atoms with E-state index in [1.165, 1.54) is 23.9 Å². The smallest absolute Gasteiger partial charge is 0.235 e. The molecule has 0 aliphatic carbocycles. The van der Waals surface area contributed by atoms with Crippen molar-refractivity contribution in [2.45, 2.75) is 40.2 Å². The number of rotatable bonds is 8. The van der Waals surface area contributed by atoms with E-state index in [1.807, 2.05) is 0 Å². The molecule has 6 nitrogen and oxygen atoms in total. The highest BCUT2D eigenvalue weighted by atomic mass is 32.2. The molecule has 0 saturated heterocycles. The van der Waals surface area contributed by atoms with Gasteiger partial charge in [-0.25, -0.2) is 4.39 Å². The minimum atomic E-state index is -0.312. The van der Waals surface area contributed by atoms with Crippen LogP contribution in [0.2, 0.25) is 0 Å². The highest BCUT2D eigenvalue weighted by molar-refractivity contribution is 8.00. The summed E-state index contributed by atoms with van der Waals surface area (Å²) in [6.45, 7) is 7.98. The SMILES string of the molecule is Cc1cc(NC(=O)CSCC(=O)N[C@H](CC(C)(C)C)c2ccc(F)cc2)no1. The average Bonchev–Trinajstić information content (AvgIpc) is 2.98. The summed E-state index contributed by atoms with van der Waals surface area (Å²) in [4.78, 5) is 24.2. The van der Waals surface area contributed by atoms with Crippen LogP contribution in [0.15, 0.2) is 34.9 Å². The molecular weight excluding hydrogens is 381 g/mol. The molecule has 1 heterocycles. The summed E-state index contributed by atoms with van der Waals surface area (Å²) in [5, 5.41) is 9.29. The molecule has 8 heteroatoms. The van der Waals surface area contributed by atoms with Crippen molar-refractivity contribution in [2.75, 3.05) is 16.8 Å². The zero-order valence-electron chi connectivity index (χ0n) is 16.5. The summed E-state index contributed by atoms with van der Waals surface area (Å²) in [5.41, 5.74) is 0.837. The molecule has 0 bridgehead atoms. The van der Waals surface area contributed by atoms with Crippen molar-refractivity contribution < 1.29 is 18.5 Å². The molecular formula is C20H26FN3O3S. The van der Waals surface area contributed by atoms with E-state index in [4.69, 9.17) is 4.52 Å². The molecule has 2 rings (SSSR count). The van der Waals surface area contributed by atoms with Gasteiger partial charge in [0.15, 0.2) is 5.82 Å². The molecule has 1 aromatic heterocycles. The van der Waals surface area contributed by atoms with Crippen LogP contribution in [0, 0.1) is 18.2 Å². The summed E-state index contributed by atoms with van der Waals surface area (Å²) < 4.78 is 18.1. The Hall–Kier alpha value is -2.35. The normalized spacial score (nSPS) is 12.5. The summed E-state index contributed by atoms with van der Waals surface area (Å²) in [6.07, 6.45) is 0.709. The Morgan fingerprint density at radius 2 is 1.82 bits per heavy atom. The van der Waals surface area contributed by atoms with E-state index in [9.17, 15) is 14.0 Å². The van der Waals surface area contributed by atoms with Gasteiger partial charge in [0.25, 0.3) is 0 Å². The van der Waals surface area contributed by atoms with Gasteiger partial charge in [-0.2, -0.15) is 0 Å². The fraction of sp³-hybridized carbons (Fsp3) is 0.450. The van der Waals surface area contributed by atoms with Gasteiger partial charge >= 0.3 is 0 Å². The minimum absolute atomic E-state index is 0.0188. The molecule has 1 aromatic carbocycles. The summed E-state index contributed by atoms with van der Waals surface area (Å²) in [7, 11) is 0. The van der Waals surface area contributed by atoms with E-state index in [1.54, 1.807) is 25.1 Å². The number of carbonyl (C=O) groups is 2. The highest BCUT2D eigenvalue weighted by Crippen LogP contribution is 2.29. The summed E-state index contributed by atoms with van der Waals surface area (Å²) in [6, 6.07) is 7.55. The Bertz CT molecular complexity index is 800. The first-order valence-electron chi connectivity index (χ1n) is 8.98. The molecule has 0 saturated carbocycles. The zero-order chi connectivity index (χ0) is 20.7. The number of hydrogen-bond donors (Lipinski definition) is 2. The lowest BCUT2D eigenvalue weighted by Gasteiger charge is -2.27. The van der Waals surface area contributed by atoms with Crippen molar-refractivity contribution in [3.05, 3.63) is 47.5 Å². The molecule has 2 amide bonds. The number of anilines is 1. The third-order valence-corrected chi connectivity index (χ3v) is 4.72. The Morgan fingerprint density at radius 3 is 2.39 bits per heavy atom. The highest BCUT2D eigenvalue weighted by Gasteiger charge is 2.22. The molecule has 0 aliphatic rings. The maximum Gasteiger partial charge on any atom is 0.235 e. The number of nitrogens with one attached hydrogen (secondary N) is 2. The minimum Gasteiger partial charge on any atom is -0.360 e. The van der Waals surface area contributed by atoms with E-state index in [-0.39, 0.29) is 40.6 Å². The Morgan fingerprint density at radius 1 is 1.18 bits per heavy atom. The van der Waals surface area contributed by atoms with Gasteiger partial charge < -0.3 is 15.2 Å². The number of benzene rings is 1. The van der Waals surface area contributed by atoms with Gasteiger partial charge in [0.2, 0.25) is 11.8 Å². The zero-order valence-corrected chi connectivity index (χ0v) is 17.4. The van der Waals surface area contributed by atoms with Crippen LogP contribution >= 0.6 is 11.8 Å². The molecule has 0 spiro atoms. The predicted molar refractivity (Wildman–Crippen MR) is 109 cm³/mol. The Kier molecular flexibility index (Phi) is 7.62. The summed E-state index contributed by atoms with van der Waals surface area (Å²) in [5.74, 6) is 0.493. The van der Waals surface area contributed by atoms with E-state index in [2.05, 4.69) is 36.6 Å². The molecule has 152 valence electrons. The number of thioether (sulfide) groups is 1. The number of nitrogens with zero attached hydrogens (tertiary/aromatic N) is 1. The Balaban J connectivity index is 1.85. The second-order valence-electron chi connectivity index (χ2n) is 7.80. The van der Waals surface area contributed by atoms with Crippen molar-refractivity contribution in [1.82, 2.24) is 10.5 Å². The van der Waals surface area contributed by atoms with Crippen LogP contribution in [-0.2, 0) is 9.59 Å². The van der Waals surface area contributed by atoms with Gasteiger partial charge in [0, 0.05) is 6.07 Å². The van der Waals surface area contributed by atoms with E-state index in [0.29, 0.717) is 18.0 Å². The summed E-state index contributed by atoms with van der Waals surface area (Å²) >= 11 is 1.21. The molecule has 0 unspecified atom stereocenters. The first-order chi connectivity index (χ1) is 13.1. The largest absolute Gasteiger partial charge is 0.360 e. The predicted octanol–water partition coefficient (Wildman–Crippen LogP) is 4.09. The van der Waals surface area contributed by atoms with Crippen LogP contribution in [0.25, 0.3) is 0 Å². The van der Waals surface area contributed by atoms with Gasteiger partial charge in [-0.1, -0.05) is 38.1 Å². The van der Waals surface area contributed by atoms with Crippen molar-refractivity contribution in [2.24, 2.45) is 5.41 Å². The van der Waals surface area contributed by atoms with Crippen LogP contribution in [0.1, 0.15) is 44.6 Å². The molecule has 0 radical (unpaired) electrons. The molecule has 0 aliphatic heterocycles. The van der Waals surface area contributed by atoms with Gasteiger partial charge in [-0.05, 0) is 36.5 Å². The van der Waals surface area contributed by atoms with Crippen molar-refractivity contribution >= 4 is 29.4 Å². The van der Waals surface area contributed by atoms with Gasteiger partial charge in [0.05, 0.1) is 17.5 Å². The first kappa shape index (κ1) is 21.9. The second kappa shape index (κ2) is 9.73. The molecule has 1 atom stereocenters. The standard InChI is InChI=1S/C20H26FN3O3S/c1-13-9-17(24-27-13)23-19(26)12-28-11-18(25)22-16(10-20(2,3)4)14-5-7-15(21)8-6-14/h5-9,16H,10-12H2,1-4H3,(H,22,25)(H,23,24,26)/t16-/m1/s1. The molecule has 28 heavy (non-hydrogen) atoms. The maximum atomic E-state index is 13.2. The van der Waals surface area contributed by atoms with Crippen LogP contribution in [0.5, 0.6) is 0 Å². The number of amides is 2. The van der Waals surface area contributed by atoms with Crippen LogP contribution in [0.3, 0.4) is 0 Å². The molecule has 2 N–H and O–H groups in total. The Labute approximate surface area is 168 Å². The fourth-order valence-electron chi connectivity index (χ4n) is 2.64. The average molecular weight is 408 g/mol. The molecule has 0 fully saturated rings. The quantitative estimate of drug-likeness (QED) is 0.689. The fourth-order valence-corrected chi connectivity index (χ4v) is 3.26. The van der Waals surface area contributed by atoms with E-state index < -0.39 is 0 Å².